The zero-order valence-electron chi connectivity index (χ0n) is 13.6. The van der Waals surface area contributed by atoms with Gasteiger partial charge in [-0.25, -0.2) is 4.98 Å². The Balaban J connectivity index is 2.04. The van der Waals surface area contributed by atoms with E-state index in [9.17, 15) is 4.79 Å². The maximum absolute atomic E-state index is 11.4. The Hall–Kier alpha value is -2.01. The lowest BCUT2D eigenvalue weighted by Crippen LogP contribution is -2.10. The lowest BCUT2D eigenvalue weighted by Gasteiger charge is -2.18. The number of anilines is 1. The summed E-state index contributed by atoms with van der Waals surface area (Å²) in [6.07, 6.45) is 1.75. The van der Waals surface area contributed by atoms with Gasteiger partial charge < -0.3 is 0 Å². The Morgan fingerprint density at radius 1 is 1.27 bits per heavy atom. The molecule has 2 rings (SSSR count). The molecule has 1 N–H and O–H groups in total. The molecule has 0 aliphatic carbocycles. The van der Waals surface area contributed by atoms with Gasteiger partial charge in [0.15, 0.2) is 5.78 Å². The van der Waals surface area contributed by atoms with Gasteiger partial charge in [0.2, 0.25) is 5.13 Å². The molecule has 0 radical (unpaired) electrons. The van der Waals surface area contributed by atoms with Crippen LogP contribution in [0.2, 0.25) is 0 Å². The van der Waals surface area contributed by atoms with E-state index in [0.717, 1.165) is 11.3 Å². The predicted molar refractivity (Wildman–Crippen MR) is 93.2 cm³/mol. The van der Waals surface area contributed by atoms with E-state index in [2.05, 4.69) is 48.4 Å². The van der Waals surface area contributed by atoms with Crippen LogP contribution < -0.4 is 5.43 Å². The minimum Gasteiger partial charge on any atom is -0.294 e. The molecule has 116 valence electrons. The maximum Gasteiger partial charge on any atom is 0.204 e. The van der Waals surface area contributed by atoms with Crippen LogP contribution in [0.5, 0.6) is 0 Å². The van der Waals surface area contributed by atoms with E-state index in [4.69, 9.17) is 0 Å². The van der Waals surface area contributed by atoms with E-state index in [-0.39, 0.29) is 11.2 Å². The predicted octanol–water partition coefficient (Wildman–Crippen LogP) is 4.40. The second-order valence-electron chi connectivity index (χ2n) is 6.23. The van der Waals surface area contributed by atoms with Gasteiger partial charge in [0.05, 0.1) is 16.8 Å². The molecule has 4 nitrogen and oxygen atoms in total. The highest BCUT2D eigenvalue weighted by Gasteiger charge is 2.12. The van der Waals surface area contributed by atoms with Crippen LogP contribution in [0, 0.1) is 6.92 Å². The molecule has 1 heterocycles. The number of hydrogen-bond acceptors (Lipinski definition) is 5. The van der Waals surface area contributed by atoms with Gasteiger partial charge in [-0.05, 0) is 23.5 Å². The van der Waals surface area contributed by atoms with Gasteiger partial charge >= 0.3 is 0 Å². The van der Waals surface area contributed by atoms with E-state index < -0.39 is 0 Å². The van der Waals surface area contributed by atoms with Gasteiger partial charge in [0.25, 0.3) is 0 Å². The number of benzene rings is 1. The summed E-state index contributed by atoms with van der Waals surface area (Å²) in [4.78, 5) is 16.3. The van der Waals surface area contributed by atoms with E-state index in [1.807, 2.05) is 19.1 Å². The van der Waals surface area contributed by atoms with Crippen LogP contribution in [-0.2, 0) is 5.41 Å². The highest BCUT2D eigenvalue weighted by atomic mass is 32.1. The summed E-state index contributed by atoms with van der Waals surface area (Å²) in [6.45, 7) is 9.94. The summed E-state index contributed by atoms with van der Waals surface area (Å²) in [6, 6.07) is 8.31. The molecule has 0 bridgehead atoms. The van der Waals surface area contributed by atoms with Crippen molar-refractivity contribution in [2.45, 2.75) is 40.0 Å². The summed E-state index contributed by atoms with van der Waals surface area (Å²) in [5, 5.41) is 4.81. The first-order chi connectivity index (χ1) is 10.3. The van der Waals surface area contributed by atoms with Crippen LogP contribution in [0.1, 0.15) is 54.2 Å². The molecule has 0 fully saturated rings. The Kier molecular flexibility index (Phi) is 4.76. The van der Waals surface area contributed by atoms with Gasteiger partial charge in [-0.15, -0.1) is 0 Å². The number of nitrogens with zero attached hydrogens (tertiary/aromatic N) is 2. The number of Topliss-reactive ketones (excluding diaryl/α,β-unsaturated/α-hetero) is 1. The molecule has 0 aliphatic rings. The van der Waals surface area contributed by atoms with Crippen LogP contribution in [0.3, 0.4) is 0 Å². The smallest absolute Gasteiger partial charge is 0.204 e. The zero-order chi connectivity index (χ0) is 16.3. The van der Waals surface area contributed by atoms with Crippen molar-refractivity contribution < 1.29 is 4.79 Å². The number of hydrogen-bond donors (Lipinski definition) is 1. The number of thiazole rings is 1. The third kappa shape index (κ3) is 4.01. The van der Waals surface area contributed by atoms with Crippen molar-refractivity contribution in [2.24, 2.45) is 5.10 Å². The molecule has 1 aromatic carbocycles. The van der Waals surface area contributed by atoms with Crippen molar-refractivity contribution in [2.75, 3.05) is 5.43 Å². The number of aryl methyl sites for hydroxylation is 1. The van der Waals surface area contributed by atoms with Crippen molar-refractivity contribution in [3.63, 3.8) is 0 Å². The minimum atomic E-state index is 0.0322. The van der Waals surface area contributed by atoms with Gasteiger partial charge in [-0.3, -0.25) is 10.2 Å². The summed E-state index contributed by atoms with van der Waals surface area (Å²) in [5.74, 6) is 0.0322. The van der Waals surface area contributed by atoms with Crippen LogP contribution >= 0.6 is 11.3 Å². The summed E-state index contributed by atoms with van der Waals surface area (Å²) < 4.78 is 0. The van der Waals surface area contributed by atoms with Crippen molar-refractivity contribution in [1.29, 1.82) is 0 Å². The number of nitrogens with one attached hydrogen (secondary N) is 1. The zero-order valence-corrected chi connectivity index (χ0v) is 14.4. The highest BCUT2D eigenvalue weighted by Crippen LogP contribution is 2.23. The lowest BCUT2D eigenvalue weighted by molar-refractivity contribution is 0.102. The molecule has 0 saturated heterocycles. The molecular formula is C17H21N3OS. The molecule has 5 heteroatoms. The van der Waals surface area contributed by atoms with E-state index >= 15 is 0 Å². The SMILES string of the molecule is CC(=O)c1sc(N/N=C\c2ccc(C(C)(C)C)cc2)nc1C. The molecule has 22 heavy (non-hydrogen) atoms. The molecule has 2 aromatic rings. The van der Waals surface area contributed by atoms with Crippen LogP contribution in [0.4, 0.5) is 5.13 Å². The van der Waals surface area contributed by atoms with Crippen LogP contribution in [0.25, 0.3) is 0 Å². The van der Waals surface area contributed by atoms with Crippen molar-refractivity contribution in [3.8, 4) is 0 Å². The number of ketones is 1. The van der Waals surface area contributed by atoms with Crippen molar-refractivity contribution in [1.82, 2.24) is 4.98 Å². The summed E-state index contributed by atoms with van der Waals surface area (Å²) >= 11 is 1.32. The standard InChI is InChI=1S/C17H21N3OS/c1-11-15(12(2)21)22-16(19-11)20-18-10-13-6-8-14(9-7-13)17(3,4)5/h6-10H,1-5H3,(H,19,20)/b18-10-. The van der Waals surface area contributed by atoms with E-state index in [1.54, 1.807) is 13.1 Å². The maximum atomic E-state index is 11.4. The largest absolute Gasteiger partial charge is 0.294 e. The number of hydrazone groups is 1. The molecule has 1 aromatic heterocycles. The normalized spacial score (nSPS) is 11.9. The fraction of sp³-hybridized carbons (Fsp3) is 0.353. The van der Waals surface area contributed by atoms with Crippen LogP contribution in [0.15, 0.2) is 29.4 Å². The Morgan fingerprint density at radius 2 is 1.91 bits per heavy atom. The molecule has 0 amide bonds. The van der Waals surface area contributed by atoms with Gasteiger partial charge in [-0.1, -0.05) is 56.4 Å². The van der Waals surface area contributed by atoms with Gasteiger partial charge in [-0.2, -0.15) is 5.10 Å². The van der Waals surface area contributed by atoms with E-state index in [1.165, 1.54) is 16.9 Å². The first-order valence-electron chi connectivity index (χ1n) is 7.15. The molecule has 0 aliphatic heterocycles. The van der Waals surface area contributed by atoms with Gasteiger partial charge in [0, 0.05) is 6.92 Å². The molecule has 0 unspecified atom stereocenters. The molecular weight excluding hydrogens is 294 g/mol. The second-order valence-corrected chi connectivity index (χ2v) is 7.23. The quantitative estimate of drug-likeness (QED) is 0.517. The Morgan fingerprint density at radius 3 is 2.41 bits per heavy atom. The van der Waals surface area contributed by atoms with E-state index in [0.29, 0.717) is 10.0 Å². The molecule has 0 saturated carbocycles. The third-order valence-electron chi connectivity index (χ3n) is 3.27. The molecule has 0 atom stereocenters. The number of carbonyl (C=O) groups is 1. The average molecular weight is 315 g/mol. The number of rotatable bonds is 4. The number of carbonyl (C=O) groups excluding carboxylic acids is 1. The lowest BCUT2D eigenvalue weighted by atomic mass is 9.87. The van der Waals surface area contributed by atoms with Crippen molar-refractivity contribution >= 4 is 28.5 Å². The van der Waals surface area contributed by atoms with Crippen LogP contribution in [-0.4, -0.2) is 17.0 Å². The average Bonchev–Trinajstić information content (AvgIpc) is 2.80. The minimum absolute atomic E-state index is 0.0322. The first kappa shape index (κ1) is 16.4. The molecule has 0 spiro atoms. The fourth-order valence-corrected chi connectivity index (χ4v) is 2.81. The monoisotopic (exact) mass is 315 g/mol. The Labute approximate surface area is 135 Å². The topological polar surface area (TPSA) is 54.4 Å². The second kappa shape index (κ2) is 6.40. The summed E-state index contributed by atoms with van der Waals surface area (Å²) in [7, 11) is 0. The number of aromatic nitrogens is 1. The third-order valence-corrected chi connectivity index (χ3v) is 4.43. The fourth-order valence-electron chi connectivity index (χ4n) is 2.00. The first-order valence-corrected chi connectivity index (χ1v) is 7.97. The van der Waals surface area contributed by atoms with Crippen molar-refractivity contribution in [3.05, 3.63) is 46.0 Å². The Bertz CT molecular complexity index is 694. The summed E-state index contributed by atoms with van der Waals surface area (Å²) in [5.41, 5.74) is 6.07. The van der Waals surface area contributed by atoms with Gasteiger partial charge in [0.1, 0.15) is 0 Å². The highest BCUT2D eigenvalue weighted by molar-refractivity contribution is 7.17.